The Kier molecular flexibility index (Phi) is 6.01. The molecule has 3 aromatic carbocycles. The van der Waals surface area contributed by atoms with E-state index in [1.165, 1.54) is 4.90 Å². The number of nitrogens with zero attached hydrogens (tertiary/aromatic N) is 1. The van der Waals surface area contributed by atoms with Crippen molar-refractivity contribution in [1.29, 1.82) is 0 Å². The van der Waals surface area contributed by atoms with Gasteiger partial charge in [-0.05, 0) is 48.4 Å². The van der Waals surface area contributed by atoms with Crippen molar-refractivity contribution in [2.45, 2.75) is 26.2 Å². The lowest BCUT2D eigenvalue weighted by Crippen LogP contribution is -2.31. The van der Waals surface area contributed by atoms with Gasteiger partial charge in [0.05, 0.1) is 17.5 Å². The molecule has 5 heteroatoms. The Hall–Kier alpha value is -3.73. The van der Waals surface area contributed by atoms with Crippen LogP contribution in [0.2, 0.25) is 0 Å². The number of amides is 2. The fraction of sp³-hybridized carbons (Fsp3) is 0.276. The molecule has 1 saturated carbocycles. The van der Waals surface area contributed by atoms with Gasteiger partial charge in [0.2, 0.25) is 11.8 Å². The molecule has 0 bridgehead atoms. The molecule has 0 radical (unpaired) electrons. The molecule has 0 aromatic heterocycles. The van der Waals surface area contributed by atoms with Gasteiger partial charge >= 0.3 is 0 Å². The summed E-state index contributed by atoms with van der Waals surface area (Å²) in [6, 6.07) is 24.3. The molecule has 0 spiro atoms. The van der Waals surface area contributed by atoms with Crippen LogP contribution in [0.4, 0.5) is 5.69 Å². The molecule has 2 fully saturated rings. The number of carbonyl (C=O) groups excluding carboxylic acids is 3. The number of anilines is 1. The van der Waals surface area contributed by atoms with Gasteiger partial charge in [-0.2, -0.15) is 0 Å². The van der Waals surface area contributed by atoms with Gasteiger partial charge in [0.15, 0.2) is 12.4 Å². The Labute approximate surface area is 199 Å². The van der Waals surface area contributed by atoms with Gasteiger partial charge in [0.1, 0.15) is 5.75 Å². The zero-order chi connectivity index (χ0) is 23.7. The number of fused-ring (bicyclic) bond motifs is 1. The molecule has 1 heterocycles. The van der Waals surface area contributed by atoms with Crippen molar-refractivity contribution < 1.29 is 19.1 Å². The SMILES string of the molecule is C[C@@H]1CC[C@H]2C(=O)N(c3ccccc3OCC(=O)c3ccc(-c4ccccc4)cc3)C(=O)[C@H]2C1. The van der Waals surface area contributed by atoms with Gasteiger partial charge in [-0.25, -0.2) is 4.90 Å². The monoisotopic (exact) mass is 453 g/mol. The van der Waals surface area contributed by atoms with Gasteiger partial charge in [-0.1, -0.05) is 73.7 Å². The number of carbonyl (C=O) groups is 3. The van der Waals surface area contributed by atoms with Crippen LogP contribution in [0, 0.1) is 17.8 Å². The van der Waals surface area contributed by atoms with Gasteiger partial charge in [0.25, 0.3) is 0 Å². The summed E-state index contributed by atoms with van der Waals surface area (Å²) in [4.78, 5) is 40.3. The molecular weight excluding hydrogens is 426 g/mol. The zero-order valence-corrected chi connectivity index (χ0v) is 19.1. The summed E-state index contributed by atoms with van der Waals surface area (Å²) in [5.74, 6) is -0.173. The number of imide groups is 1. The van der Waals surface area contributed by atoms with Crippen LogP contribution in [-0.4, -0.2) is 24.2 Å². The Morgan fingerprint density at radius 3 is 2.24 bits per heavy atom. The van der Waals surface area contributed by atoms with Crippen molar-refractivity contribution in [2.75, 3.05) is 11.5 Å². The second kappa shape index (κ2) is 9.26. The summed E-state index contributed by atoms with van der Waals surface area (Å²) in [5, 5.41) is 0. The fourth-order valence-electron chi connectivity index (χ4n) is 5.10. The highest BCUT2D eigenvalue weighted by atomic mass is 16.5. The molecule has 2 aliphatic rings. The summed E-state index contributed by atoms with van der Waals surface area (Å²) < 4.78 is 5.86. The van der Waals surface area contributed by atoms with E-state index in [-0.39, 0.29) is 36.0 Å². The molecule has 172 valence electrons. The van der Waals surface area contributed by atoms with E-state index in [0.29, 0.717) is 22.9 Å². The number of Topliss-reactive ketones (excluding diaryl/α,β-unsaturated/α-hetero) is 1. The van der Waals surface area contributed by atoms with Crippen LogP contribution >= 0.6 is 0 Å². The van der Waals surface area contributed by atoms with Crippen LogP contribution in [0.15, 0.2) is 78.9 Å². The average Bonchev–Trinajstić information content (AvgIpc) is 3.12. The molecule has 5 nitrogen and oxygen atoms in total. The van der Waals surface area contributed by atoms with Crippen molar-refractivity contribution in [1.82, 2.24) is 0 Å². The molecule has 1 aliphatic heterocycles. The van der Waals surface area contributed by atoms with Gasteiger partial charge in [-0.3, -0.25) is 14.4 Å². The minimum absolute atomic E-state index is 0.152. The van der Waals surface area contributed by atoms with Crippen molar-refractivity contribution in [3.05, 3.63) is 84.4 Å². The lowest BCUT2D eigenvalue weighted by Gasteiger charge is -2.25. The number of ether oxygens (including phenoxy) is 1. The van der Waals surface area contributed by atoms with Crippen molar-refractivity contribution in [2.24, 2.45) is 17.8 Å². The van der Waals surface area contributed by atoms with Crippen LogP contribution in [0.3, 0.4) is 0 Å². The van der Waals surface area contributed by atoms with Crippen LogP contribution in [0.25, 0.3) is 11.1 Å². The first-order valence-corrected chi connectivity index (χ1v) is 11.8. The molecule has 3 atom stereocenters. The molecule has 3 aromatic rings. The predicted octanol–water partition coefficient (Wildman–Crippen LogP) is 5.54. The van der Waals surface area contributed by atoms with Crippen molar-refractivity contribution >= 4 is 23.3 Å². The van der Waals surface area contributed by atoms with Crippen LogP contribution in [0.1, 0.15) is 36.5 Å². The largest absolute Gasteiger partial charge is 0.483 e. The van der Waals surface area contributed by atoms with Gasteiger partial charge in [0, 0.05) is 5.56 Å². The van der Waals surface area contributed by atoms with E-state index in [1.807, 2.05) is 42.5 Å². The Balaban J connectivity index is 1.30. The lowest BCUT2D eigenvalue weighted by molar-refractivity contribution is -0.122. The maximum atomic E-state index is 13.1. The molecule has 0 unspecified atom stereocenters. The summed E-state index contributed by atoms with van der Waals surface area (Å²) in [5.41, 5.74) is 3.09. The smallest absolute Gasteiger partial charge is 0.237 e. The van der Waals surface area contributed by atoms with Gasteiger partial charge < -0.3 is 4.74 Å². The normalized spacial score (nSPS) is 21.9. The third kappa shape index (κ3) is 4.14. The summed E-state index contributed by atoms with van der Waals surface area (Å²) >= 11 is 0. The summed E-state index contributed by atoms with van der Waals surface area (Å²) in [6.45, 7) is 1.95. The highest BCUT2D eigenvalue weighted by Gasteiger charge is 2.50. The summed E-state index contributed by atoms with van der Waals surface area (Å²) in [6.07, 6.45) is 2.45. The zero-order valence-electron chi connectivity index (χ0n) is 19.1. The average molecular weight is 454 g/mol. The number of rotatable bonds is 6. The Morgan fingerprint density at radius 2 is 1.47 bits per heavy atom. The number of hydrogen-bond acceptors (Lipinski definition) is 4. The molecule has 1 aliphatic carbocycles. The Morgan fingerprint density at radius 1 is 0.824 bits per heavy atom. The second-order valence-corrected chi connectivity index (χ2v) is 9.27. The molecule has 0 N–H and O–H groups in total. The predicted molar refractivity (Wildman–Crippen MR) is 131 cm³/mol. The van der Waals surface area contributed by atoms with E-state index in [9.17, 15) is 14.4 Å². The van der Waals surface area contributed by atoms with Crippen LogP contribution in [-0.2, 0) is 9.59 Å². The maximum absolute atomic E-state index is 13.1. The van der Waals surface area contributed by atoms with E-state index < -0.39 is 0 Å². The summed E-state index contributed by atoms with van der Waals surface area (Å²) in [7, 11) is 0. The number of ketones is 1. The second-order valence-electron chi connectivity index (χ2n) is 9.27. The minimum Gasteiger partial charge on any atom is -0.483 e. The lowest BCUT2D eigenvalue weighted by atomic mass is 9.76. The van der Waals surface area contributed by atoms with E-state index in [1.54, 1.807) is 36.4 Å². The van der Waals surface area contributed by atoms with Crippen LogP contribution in [0.5, 0.6) is 5.75 Å². The quantitative estimate of drug-likeness (QED) is 0.363. The van der Waals surface area contributed by atoms with E-state index in [4.69, 9.17) is 4.74 Å². The third-order valence-electron chi connectivity index (χ3n) is 6.97. The fourth-order valence-corrected chi connectivity index (χ4v) is 5.10. The maximum Gasteiger partial charge on any atom is 0.237 e. The number of benzene rings is 3. The van der Waals surface area contributed by atoms with Gasteiger partial charge in [-0.15, -0.1) is 0 Å². The highest BCUT2D eigenvalue weighted by Crippen LogP contribution is 2.44. The molecular formula is C29H27NO4. The first-order chi connectivity index (χ1) is 16.5. The van der Waals surface area contributed by atoms with E-state index in [2.05, 4.69) is 6.92 Å². The Bertz CT molecular complexity index is 1220. The van der Waals surface area contributed by atoms with Crippen molar-refractivity contribution in [3.8, 4) is 16.9 Å². The first-order valence-electron chi connectivity index (χ1n) is 11.8. The van der Waals surface area contributed by atoms with E-state index >= 15 is 0 Å². The molecule has 2 amide bonds. The minimum atomic E-state index is -0.255. The standard InChI is InChI=1S/C29H27NO4/c1-19-11-16-23-24(17-19)29(33)30(28(23)32)25-9-5-6-10-27(25)34-18-26(31)22-14-12-21(13-15-22)20-7-3-2-4-8-20/h2-10,12-15,19,23-24H,11,16-18H2,1H3/t19-,23-,24+/m1/s1. The molecule has 5 rings (SSSR count). The third-order valence-corrected chi connectivity index (χ3v) is 6.97. The van der Waals surface area contributed by atoms with E-state index in [0.717, 1.165) is 30.4 Å². The topological polar surface area (TPSA) is 63.7 Å². The number of para-hydroxylation sites is 2. The van der Waals surface area contributed by atoms with Crippen molar-refractivity contribution in [3.63, 3.8) is 0 Å². The molecule has 34 heavy (non-hydrogen) atoms. The first kappa shape index (κ1) is 22.1. The highest BCUT2D eigenvalue weighted by molar-refractivity contribution is 6.22. The van der Waals surface area contributed by atoms with Crippen LogP contribution < -0.4 is 9.64 Å². The molecule has 1 saturated heterocycles. The number of hydrogen-bond donors (Lipinski definition) is 0.